The maximum absolute atomic E-state index is 13.6. The highest BCUT2D eigenvalue weighted by Gasteiger charge is 2.41. The summed E-state index contributed by atoms with van der Waals surface area (Å²) in [6, 6.07) is 13.4. The van der Waals surface area contributed by atoms with Crippen LogP contribution in [-0.4, -0.2) is 41.9 Å². The molecule has 3 aliphatic rings. The van der Waals surface area contributed by atoms with Crippen LogP contribution in [0.4, 0.5) is 11.4 Å². The number of nitrogens with zero attached hydrogens (tertiary/aromatic N) is 3. The highest BCUT2D eigenvalue weighted by molar-refractivity contribution is 6.33. The number of benzene rings is 2. The van der Waals surface area contributed by atoms with Gasteiger partial charge in [0.05, 0.1) is 11.4 Å². The molecule has 1 aliphatic carbocycles. The molecule has 1 saturated carbocycles. The number of anilines is 2. The van der Waals surface area contributed by atoms with E-state index in [-0.39, 0.29) is 18.4 Å². The quantitative estimate of drug-likeness (QED) is 0.698. The van der Waals surface area contributed by atoms with E-state index in [9.17, 15) is 9.59 Å². The van der Waals surface area contributed by atoms with Crippen LogP contribution in [0.2, 0.25) is 10.0 Å². The van der Waals surface area contributed by atoms with E-state index in [2.05, 4.69) is 11.0 Å². The number of hydrogen-bond donors (Lipinski definition) is 0. The Labute approximate surface area is 186 Å². The summed E-state index contributed by atoms with van der Waals surface area (Å²) < 4.78 is 0. The first kappa shape index (κ1) is 19.7. The van der Waals surface area contributed by atoms with E-state index in [4.69, 9.17) is 23.2 Å². The predicted molar refractivity (Wildman–Crippen MR) is 119 cm³/mol. The summed E-state index contributed by atoms with van der Waals surface area (Å²) in [6.07, 6.45) is 3.33. The zero-order chi connectivity index (χ0) is 20.8. The van der Waals surface area contributed by atoms with Crippen molar-refractivity contribution in [2.24, 2.45) is 0 Å². The summed E-state index contributed by atoms with van der Waals surface area (Å²) in [7, 11) is 0. The lowest BCUT2D eigenvalue weighted by Crippen LogP contribution is -2.51. The van der Waals surface area contributed by atoms with Crippen molar-refractivity contribution in [3.63, 3.8) is 0 Å². The summed E-state index contributed by atoms with van der Waals surface area (Å²) in [5.41, 5.74) is 2.82. The number of carbonyl (C=O) groups excluding carboxylic acids is 2. The van der Waals surface area contributed by atoms with Gasteiger partial charge in [0.25, 0.3) is 0 Å². The third kappa shape index (κ3) is 3.54. The van der Waals surface area contributed by atoms with Crippen LogP contribution in [0.25, 0.3) is 0 Å². The molecule has 30 heavy (non-hydrogen) atoms. The van der Waals surface area contributed by atoms with Crippen LogP contribution in [-0.2, 0) is 16.1 Å². The van der Waals surface area contributed by atoms with Crippen LogP contribution in [0.1, 0.15) is 31.2 Å². The Hall–Kier alpha value is -2.24. The molecule has 1 saturated heterocycles. The molecule has 156 valence electrons. The van der Waals surface area contributed by atoms with Crippen LogP contribution in [0.5, 0.6) is 0 Å². The minimum Gasteiger partial charge on any atom is -0.365 e. The third-order valence-corrected chi connectivity index (χ3v) is 6.87. The number of likely N-dealkylation sites (tertiary alicyclic amines) is 1. The monoisotopic (exact) mass is 443 g/mol. The lowest BCUT2D eigenvalue weighted by atomic mass is 10.1. The Morgan fingerprint density at radius 1 is 1.00 bits per heavy atom. The van der Waals surface area contributed by atoms with E-state index in [0.29, 0.717) is 35.5 Å². The second kappa shape index (κ2) is 7.78. The second-order valence-electron chi connectivity index (χ2n) is 8.22. The molecular weight excluding hydrogens is 421 g/mol. The van der Waals surface area contributed by atoms with Gasteiger partial charge in [-0.1, -0.05) is 35.3 Å². The molecule has 7 heteroatoms. The Morgan fingerprint density at radius 2 is 1.77 bits per heavy atom. The first-order valence-electron chi connectivity index (χ1n) is 10.4. The van der Waals surface area contributed by atoms with Gasteiger partial charge in [-0.2, -0.15) is 0 Å². The predicted octanol–water partition coefficient (Wildman–Crippen LogP) is 4.50. The summed E-state index contributed by atoms with van der Waals surface area (Å²) in [5.74, 6) is -0.0313. The van der Waals surface area contributed by atoms with Crippen LogP contribution in [0.3, 0.4) is 0 Å². The molecule has 0 N–H and O–H groups in total. The number of hydrogen-bond acceptors (Lipinski definition) is 3. The molecule has 1 atom stereocenters. The standard InChI is InChI=1S/C23H23Cl2N3O2/c24-16-5-8-18(25)15(13-16)14-28-21(9-10-22(28)29)23(30)27-12-11-26(17-6-7-17)19-3-1-2-4-20(19)27/h1-5,8,13,17,21H,6-7,9-12,14H2/t21-/m0/s1. The first-order chi connectivity index (χ1) is 14.5. The van der Waals surface area contributed by atoms with Gasteiger partial charge in [-0.3, -0.25) is 9.59 Å². The average molecular weight is 444 g/mol. The Kier molecular flexibility index (Phi) is 5.11. The van der Waals surface area contributed by atoms with Gasteiger partial charge in [0.1, 0.15) is 6.04 Å². The van der Waals surface area contributed by atoms with Crippen molar-refractivity contribution in [2.45, 2.75) is 44.3 Å². The summed E-state index contributed by atoms with van der Waals surface area (Å²) in [5, 5.41) is 1.11. The maximum atomic E-state index is 13.6. The van der Waals surface area contributed by atoms with Crippen molar-refractivity contribution < 1.29 is 9.59 Å². The lowest BCUT2D eigenvalue weighted by Gasteiger charge is -2.39. The van der Waals surface area contributed by atoms with E-state index in [1.54, 1.807) is 23.1 Å². The van der Waals surface area contributed by atoms with Crippen molar-refractivity contribution in [1.82, 2.24) is 4.90 Å². The Balaban J connectivity index is 1.41. The molecule has 0 aromatic heterocycles. The number of fused-ring (bicyclic) bond motifs is 1. The Morgan fingerprint density at radius 3 is 2.53 bits per heavy atom. The van der Waals surface area contributed by atoms with Crippen molar-refractivity contribution >= 4 is 46.4 Å². The molecule has 2 aromatic rings. The van der Waals surface area contributed by atoms with Gasteiger partial charge in [0.15, 0.2) is 0 Å². The average Bonchev–Trinajstić information content (AvgIpc) is 3.53. The van der Waals surface area contributed by atoms with Crippen molar-refractivity contribution in [2.75, 3.05) is 22.9 Å². The van der Waals surface area contributed by atoms with Gasteiger partial charge >= 0.3 is 0 Å². The van der Waals surface area contributed by atoms with E-state index in [1.165, 1.54) is 12.8 Å². The normalized spacial score (nSPS) is 21.2. The zero-order valence-corrected chi connectivity index (χ0v) is 18.1. The van der Waals surface area contributed by atoms with Crippen LogP contribution in [0.15, 0.2) is 42.5 Å². The fourth-order valence-electron chi connectivity index (χ4n) is 4.59. The lowest BCUT2D eigenvalue weighted by molar-refractivity contribution is -0.134. The largest absolute Gasteiger partial charge is 0.365 e. The summed E-state index contributed by atoms with van der Waals surface area (Å²) >= 11 is 12.4. The molecule has 0 radical (unpaired) electrons. The topological polar surface area (TPSA) is 43.9 Å². The SMILES string of the molecule is O=C([C@@H]1CCC(=O)N1Cc1cc(Cl)ccc1Cl)N1CCN(C2CC2)c2ccccc21. The second-order valence-corrected chi connectivity index (χ2v) is 9.06. The van der Waals surface area contributed by atoms with Crippen molar-refractivity contribution in [3.8, 4) is 0 Å². The van der Waals surface area contributed by atoms with Gasteiger partial charge in [0.2, 0.25) is 11.8 Å². The zero-order valence-electron chi connectivity index (χ0n) is 16.6. The van der Waals surface area contributed by atoms with Gasteiger partial charge in [-0.15, -0.1) is 0 Å². The van der Waals surface area contributed by atoms with Crippen LogP contribution >= 0.6 is 23.2 Å². The van der Waals surface area contributed by atoms with E-state index < -0.39 is 6.04 Å². The fourth-order valence-corrected chi connectivity index (χ4v) is 4.97. The highest BCUT2D eigenvalue weighted by atomic mass is 35.5. The van der Waals surface area contributed by atoms with E-state index >= 15 is 0 Å². The van der Waals surface area contributed by atoms with Crippen LogP contribution < -0.4 is 9.80 Å². The van der Waals surface area contributed by atoms with Gasteiger partial charge in [-0.05, 0) is 55.2 Å². The molecule has 0 unspecified atom stereocenters. The molecular formula is C23H23Cl2N3O2. The minimum atomic E-state index is -0.479. The molecule has 2 fully saturated rings. The van der Waals surface area contributed by atoms with Crippen LogP contribution in [0, 0.1) is 0 Å². The molecule has 5 nitrogen and oxygen atoms in total. The molecule has 2 aliphatic heterocycles. The maximum Gasteiger partial charge on any atom is 0.249 e. The highest BCUT2D eigenvalue weighted by Crippen LogP contribution is 2.40. The molecule has 2 amide bonds. The van der Waals surface area contributed by atoms with E-state index in [1.807, 2.05) is 23.1 Å². The van der Waals surface area contributed by atoms with Gasteiger partial charge in [0, 0.05) is 42.1 Å². The molecule has 0 spiro atoms. The third-order valence-electron chi connectivity index (χ3n) is 6.26. The summed E-state index contributed by atoms with van der Waals surface area (Å²) in [6.45, 7) is 1.76. The first-order valence-corrected chi connectivity index (χ1v) is 11.2. The number of rotatable bonds is 4. The smallest absolute Gasteiger partial charge is 0.249 e. The van der Waals surface area contributed by atoms with Crippen molar-refractivity contribution in [1.29, 1.82) is 0 Å². The number of amides is 2. The van der Waals surface area contributed by atoms with Crippen molar-refractivity contribution in [3.05, 3.63) is 58.1 Å². The minimum absolute atomic E-state index is 0.0121. The number of carbonyl (C=O) groups is 2. The van der Waals surface area contributed by atoms with Gasteiger partial charge in [-0.25, -0.2) is 0 Å². The summed E-state index contributed by atoms with van der Waals surface area (Å²) in [4.78, 5) is 32.2. The molecule has 2 heterocycles. The Bertz CT molecular complexity index is 1010. The number of halogens is 2. The molecule has 2 aromatic carbocycles. The van der Waals surface area contributed by atoms with E-state index in [0.717, 1.165) is 23.5 Å². The molecule has 5 rings (SSSR count). The number of para-hydroxylation sites is 2. The fraction of sp³-hybridized carbons (Fsp3) is 0.391. The molecule has 0 bridgehead atoms. The van der Waals surface area contributed by atoms with Gasteiger partial charge < -0.3 is 14.7 Å².